The van der Waals surface area contributed by atoms with Crippen molar-refractivity contribution < 1.29 is 9.53 Å². The molecule has 1 aliphatic rings. The van der Waals surface area contributed by atoms with Crippen LogP contribution in [0.25, 0.3) is 0 Å². The van der Waals surface area contributed by atoms with Gasteiger partial charge in [0.1, 0.15) is 12.7 Å². The van der Waals surface area contributed by atoms with Crippen LogP contribution >= 0.6 is 15.9 Å². The topological polar surface area (TPSA) is 38.3 Å². The Labute approximate surface area is 96.9 Å². The summed E-state index contributed by atoms with van der Waals surface area (Å²) in [5.41, 5.74) is 2.28. The van der Waals surface area contributed by atoms with E-state index in [-0.39, 0.29) is 18.6 Å². The second-order valence-electron chi connectivity index (χ2n) is 3.67. The summed E-state index contributed by atoms with van der Waals surface area (Å²) in [6.07, 6.45) is -0.0288. The lowest BCUT2D eigenvalue weighted by molar-refractivity contribution is -0.133. The van der Waals surface area contributed by atoms with Gasteiger partial charge in [-0.1, -0.05) is 22.0 Å². The first-order valence-corrected chi connectivity index (χ1v) is 5.60. The maximum Gasteiger partial charge on any atom is 0.246 e. The molecular weight excluding hydrogens is 258 g/mol. The summed E-state index contributed by atoms with van der Waals surface area (Å²) in [5.74, 6) is -0.0435. The summed E-state index contributed by atoms with van der Waals surface area (Å²) in [4.78, 5) is 10.9. The van der Waals surface area contributed by atoms with Crippen molar-refractivity contribution in [1.82, 2.24) is 5.32 Å². The quantitative estimate of drug-likeness (QED) is 0.847. The van der Waals surface area contributed by atoms with E-state index >= 15 is 0 Å². The summed E-state index contributed by atoms with van der Waals surface area (Å²) in [7, 11) is 0. The van der Waals surface area contributed by atoms with Gasteiger partial charge in [0, 0.05) is 11.0 Å². The molecule has 4 heteroatoms. The van der Waals surface area contributed by atoms with E-state index in [0.29, 0.717) is 6.54 Å². The molecule has 0 spiro atoms. The van der Waals surface area contributed by atoms with Gasteiger partial charge in [-0.25, -0.2) is 0 Å². The fourth-order valence-corrected chi connectivity index (χ4v) is 2.28. The zero-order chi connectivity index (χ0) is 10.8. The van der Waals surface area contributed by atoms with Gasteiger partial charge in [-0.15, -0.1) is 0 Å². The van der Waals surface area contributed by atoms with Crippen LogP contribution in [0.4, 0.5) is 0 Å². The molecule has 0 saturated carbocycles. The van der Waals surface area contributed by atoms with Crippen LogP contribution < -0.4 is 5.32 Å². The molecule has 1 saturated heterocycles. The predicted molar refractivity (Wildman–Crippen MR) is 60.6 cm³/mol. The monoisotopic (exact) mass is 269 g/mol. The molecule has 3 nitrogen and oxygen atoms in total. The van der Waals surface area contributed by atoms with Crippen LogP contribution in [0, 0.1) is 6.92 Å². The van der Waals surface area contributed by atoms with Crippen molar-refractivity contribution in [3.8, 4) is 0 Å². The van der Waals surface area contributed by atoms with Crippen LogP contribution in [0.1, 0.15) is 17.2 Å². The number of carbonyl (C=O) groups is 1. The molecule has 0 radical (unpaired) electrons. The maximum atomic E-state index is 10.9. The fraction of sp³-hybridized carbons (Fsp3) is 0.364. The first-order valence-electron chi connectivity index (χ1n) is 4.80. The van der Waals surface area contributed by atoms with Crippen LogP contribution in [-0.4, -0.2) is 19.1 Å². The predicted octanol–water partition coefficient (Wildman–Crippen LogP) is 1.95. The van der Waals surface area contributed by atoms with Crippen LogP contribution in [0.15, 0.2) is 22.7 Å². The molecular formula is C11H12BrNO2. The number of carbonyl (C=O) groups excluding carboxylic acids is 1. The first-order chi connectivity index (χ1) is 7.15. The van der Waals surface area contributed by atoms with Gasteiger partial charge in [-0.05, 0) is 30.2 Å². The Morgan fingerprint density at radius 2 is 2.27 bits per heavy atom. The Morgan fingerprint density at radius 3 is 2.87 bits per heavy atom. The number of hydrogen-bond acceptors (Lipinski definition) is 2. The average molecular weight is 270 g/mol. The lowest BCUT2D eigenvalue weighted by Crippen LogP contribution is -2.38. The van der Waals surface area contributed by atoms with Crippen LogP contribution in [0.5, 0.6) is 0 Å². The van der Waals surface area contributed by atoms with Gasteiger partial charge >= 0.3 is 0 Å². The van der Waals surface area contributed by atoms with Crippen molar-refractivity contribution in [2.24, 2.45) is 0 Å². The Hall–Kier alpha value is -0.870. The Bertz CT molecular complexity index is 362. The number of nitrogens with one attached hydrogen (secondary N) is 1. The number of halogens is 1. The van der Waals surface area contributed by atoms with Gasteiger partial charge in [0.15, 0.2) is 0 Å². The molecule has 1 aliphatic heterocycles. The highest BCUT2D eigenvalue weighted by Crippen LogP contribution is 2.24. The molecule has 1 amide bonds. The Balaban J connectivity index is 2.18. The molecule has 1 aromatic rings. The third kappa shape index (κ3) is 2.58. The summed E-state index contributed by atoms with van der Waals surface area (Å²) < 4.78 is 6.49. The normalized spacial score (nSPS) is 21.2. The summed E-state index contributed by atoms with van der Waals surface area (Å²) in [6.45, 7) is 2.74. The minimum absolute atomic E-state index is 0.0288. The smallest absolute Gasteiger partial charge is 0.246 e. The minimum Gasteiger partial charge on any atom is -0.362 e. The standard InChI is InChI=1S/C11H12BrNO2/c1-7-2-8(4-9(12)3-7)10-5-13-11(14)6-15-10/h2-4,10H,5-6H2,1H3,(H,13,14)/t10-/m1/s1. The number of amides is 1. The second-order valence-corrected chi connectivity index (χ2v) is 4.58. The van der Waals surface area contributed by atoms with Gasteiger partial charge in [-0.3, -0.25) is 4.79 Å². The number of ether oxygens (including phenoxy) is 1. The third-order valence-electron chi connectivity index (χ3n) is 2.34. The fourth-order valence-electron chi connectivity index (χ4n) is 1.66. The number of hydrogen-bond donors (Lipinski definition) is 1. The van der Waals surface area contributed by atoms with E-state index in [1.165, 1.54) is 5.56 Å². The van der Waals surface area contributed by atoms with E-state index < -0.39 is 0 Å². The van der Waals surface area contributed by atoms with E-state index in [2.05, 4.69) is 27.3 Å². The summed E-state index contributed by atoms with van der Waals surface area (Å²) in [6, 6.07) is 6.15. The molecule has 0 unspecified atom stereocenters. The largest absolute Gasteiger partial charge is 0.362 e. The van der Waals surface area contributed by atoms with Crippen LogP contribution in [0.2, 0.25) is 0 Å². The molecule has 1 atom stereocenters. The van der Waals surface area contributed by atoms with Crippen LogP contribution in [0.3, 0.4) is 0 Å². The van der Waals surface area contributed by atoms with Crippen molar-refractivity contribution in [2.45, 2.75) is 13.0 Å². The van der Waals surface area contributed by atoms with Gasteiger partial charge in [0.05, 0.1) is 0 Å². The molecule has 0 aliphatic carbocycles. The van der Waals surface area contributed by atoms with Crippen molar-refractivity contribution in [3.05, 3.63) is 33.8 Å². The number of morpholine rings is 1. The van der Waals surface area contributed by atoms with Crippen molar-refractivity contribution in [1.29, 1.82) is 0 Å². The second kappa shape index (κ2) is 4.33. The molecule has 1 fully saturated rings. The first kappa shape index (κ1) is 10.6. The van der Waals surface area contributed by atoms with E-state index in [4.69, 9.17) is 4.74 Å². The summed E-state index contributed by atoms with van der Waals surface area (Å²) in [5, 5.41) is 2.79. The van der Waals surface area contributed by atoms with Gasteiger partial charge in [-0.2, -0.15) is 0 Å². The molecule has 1 heterocycles. The third-order valence-corrected chi connectivity index (χ3v) is 2.79. The van der Waals surface area contributed by atoms with Gasteiger partial charge in [0.2, 0.25) is 5.91 Å². The lowest BCUT2D eigenvalue weighted by Gasteiger charge is -2.23. The van der Waals surface area contributed by atoms with E-state index in [9.17, 15) is 4.79 Å². The zero-order valence-corrected chi connectivity index (χ0v) is 10.0. The van der Waals surface area contributed by atoms with E-state index in [1.54, 1.807) is 0 Å². The minimum atomic E-state index is -0.0435. The van der Waals surface area contributed by atoms with E-state index in [1.807, 2.05) is 19.1 Å². The molecule has 0 bridgehead atoms. The highest BCUT2D eigenvalue weighted by atomic mass is 79.9. The highest BCUT2D eigenvalue weighted by molar-refractivity contribution is 9.10. The SMILES string of the molecule is Cc1cc(Br)cc([C@H]2CNC(=O)CO2)c1. The van der Waals surface area contributed by atoms with Gasteiger partial charge < -0.3 is 10.1 Å². The molecule has 0 aromatic heterocycles. The van der Waals surface area contributed by atoms with Gasteiger partial charge in [0.25, 0.3) is 0 Å². The number of aryl methyl sites for hydroxylation is 1. The Morgan fingerprint density at radius 1 is 1.47 bits per heavy atom. The number of rotatable bonds is 1. The maximum absolute atomic E-state index is 10.9. The molecule has 1 aromatic carbocycles. The van der Waals surface area contributed by atoms with Crippen molar-refractivity contribution >= 4 is 21.8 Å². The Kier molecular flexibility index (Phi) is 3.07. The summed E-state index contributed by atoms with van der Waals surface area (Å²) >= 11 is 3.45. The van der Waals surface area contributed by atoms with E-state index in [0.717, 1.165) is 10.0 Å². The number of benzene rings is 1. The average Bonchev–Trinajstić information content (AvgIpc) is 2.17. The molecule has 80 valence electrons. The zero-order valence-electron chi connectivity index (χ0n) is 8.42. The molecule has 2 rings (SSSR count). The van der Waals surface area contributed by atoms with Crippen molar-refractivity contribution in [3.63, 3.8) is 0 Å². The lowest BCUT2D eigenvalue weighted by atomic mass is 10.1. The van der Waals surface area contributed by atoms with Crippen LogP contribution in [-0.2, 0) is 9.53 Å². The highest BCUT2D eigenvalue weighted by Gasteiger charge is 2.20. The molecule has 1 N–H and O–H groups in total. The molecule has 15 heavy (non-hydrogen) atoms. The van der Waals surface area contributed by atoms with Crippen molar-refractivity contribution in [2.75, 3.05) is 13.2 Å².